The Labute approximate surface area is 109 Å². The Morgan fingerprint density at radius 1 is 1.11 bits per heavy atom. The van der Waals surface area contributed by atoms with Gasteiger partial charge in [0.15, 0.2) is 0 Å². The van der Waals surface area contributed by atoms with Crippen molar-refractivity contribution in [1.82, 2.24) is 9.78 Å². The zero-order valence-corrected chi connectivity index (χ0v) is 10.0. The standard InChI is InChI=1S/C13H7BClFN2/c14-8-1-6-11-12(7-8)17-18(13(11)15)10-4-2-9(16)3-5-10/h1-7H. The molecule has 0 fully saturated rings. The van der Waals surface area contributed by atoms with Crippen molar-refractivity contribution < 1.29 is 4.39 Å². The van der Waals surface area contributed by atoms with Crippen LogP contribution in [0.15, 0.2) is 42.5 Å². The molecule has 5 heteroatoms. The number of halogens is 2. The van der Waals surface area contributed by atoms with Gasteiger partial charge in [-0.2, -0.15) is 5.10 Å². The lowest BCUT2D eigenvalue weighted by Crippen LogP contribution is -1.99. The second-order valence-corrected chi connectivity index (χ2v) is 4.31. The quantitative estimate of drug-likeness (QED) is 0.612. The fourth-order valence-corrected chi connectivity index (χ4v) is 2.12. The molecule has 0 unspecified atom stereocenters. The van der Waals surface area contributed by atoms with Gasteiger partial charge in [-0.25, -0.2) is 9.07 Å². The summed E-state index contributed by atoms with van der Waals surface area (Å²) in [6.07, 6.45) is 0. The lowest BCUT2D eigenvalue weighted by molar-refractivity contribution is 0.627. The Balaban J connectivity index is 2.23. The summed E-state index contributed by atoms with van der Waals surface area (Å²) in [5.41, 5.74) is 2.04. The van der Waals surface area contributed by atoms with Gasteiger partial charge in [0.25, 0.3) is 0 Å². The van der Waals surface area contributed by atoms with Crippen LogP contribution in [0.5, 0.6) is 0 Å². The predicted octanol–water partition coefficient (Wildman–Crippen LogP) is 2.61. The van der Waals surface area contributed by atoms with Crippen LogP contribution in [0.2, 0.25) is 5.15 Å². The van der Waals surface area contributed by atoms with Crippen molar-refractivity contribution >= 4 is 35.8 Å². The van der Waals surface area contributed by atoms with E-state index in [1.165, 1.54) is 12.1 Å². The number of nitrogens with zero attached hydrogens (tertiary/aromatic N) is 2. The van der Waals surface area contributed by atoms with Crippen LogP contribution >= 0.6 is 11.6 Å². The molecule has 0 aliphatic rings. The highest BCUT2D eigenvalue weighted by Gasteiger charge is 2.10. The third-order valence-corrected chi connectivity index (χ3v) is 3.07. The van der Waals surface area contributed by atoms with Crippen LogP contribution in [0.1, 0.15) is 0 Å². The predicted molar refractivity (Wildman–Crippen MR) is 71.4 cm³/mol. The van der Waals surface area contributed by atoms with Crippen LogP contribution in [0.4, 0.5) is 4.39 Å². The summed E-state index contributed by atoms with van der Waals surface area (Å²) >= 11 is 6.25. The topological polar surface area (TPSA) is 17.8 Å². The summed E-state index contributed by atoms with van der Waals surface area (Å²) < 4.78 is 14.4. The Hall–Kier alpha value is -1.81. The monoisotopic (exact) mass is 256 g/mol. The Bertz CT molecular complexity index is 722. The second kappa shape index (κ2) is 4.14. The minimum Gasteiger partial charge on any atom is -0.221 e. The molecule has 3 rings (SSSR count). The molecule has 3 aromatic rings. The lowest BCUT2D eigenvalue weighted by atomic mass is 9.96. The van der Waals surface area contributed by atoms with Crippen LogP contribution in [-0.2, 0) is 0 Å². The van der Waals surface area contributed by atoms with E-state index < -0.39 is 0 Å². The highest BCUT2D eigenvalue weighted by Crippen LogP contribution is 2.25. The first-order chi connectivity index (χ1) is 8.65. The SMILES string of the molecule is [B]c1ccc2c(Cl)n(-c3ccc(F)cc3)nc2c1. The molecule has 2 nitrogen and oxygen atoms in total. The molecular weight excluding hydrogens is 249 g/mol. The van der Waals surface area contributed by atoms with E-state index in [1.807, 2.05) is 6.07 Å². The molecule has 0 amide bonds. The number of hydrogen-bond donors (Lipinski definition) is 0. The molecule has 0 aliphatic heterocycles. The first kappa shape index (κ1) is 11.3. The Morgan fingerprint density at radius 2 is 1.83 bits per heavy atom. The van der Waals surface area contributed by atoms with Gasteiger partial charge in [-0.15, -0.1) is 0 Å². The van der Waals surface area contributed by atoms with Crippen LogP contribution in [0, 0.1) is 5.82 Å². The van der Waals surface area contributed by atoms with Crippen molar-refractivity contribution in [3.63, 3.8) is 0 Å². The fraction of sp³-hybridized carbons (Fsp3) is 0. The summed E-state index contributed by atoms with van der Waals surface area (Å²) in [6.45, 7) is 0. The molecule has 0 aliphatic carbocycles. The van der Waals surface area contributed by atoms with Gasteiger partial charge in [0.05, 0.1) is 11.2 Å². The summed E-state index contributed by atoms with van der Waals surface area (Å²) in [7, 11) is 5.70. The zero-order valence-electron chi connectivity index (χ0n) is 9.27. The number of fused-ring (bicyclic) bond motifs is 1. The van der Waals surface area contributed by atoms with Crippen molar-refractivity contribution in [2.45, 2.75) is 0 Å². The number of hydrogen-bond acceptors (Lipinski definition) is 1. The molecule has 0 atom stereocenters. The highest BCUT2D eigenvalue weighted by atomic mass is 35.5. The van der Waals surface area contributed by atoms with Crippen molar-refractivity contribution in [2.75, 3.05) is 0 Å². The minimum atomic E-state index is -0.296. The first-order valence-corrected chi connectivity index (χ1v) is 5.72. The molecule has 0 N–H and O–H groups in total. The van der Waals surface area contributed by atoms with Crippen LogP contribution in [-0.4, -0.2) is 17.6 Å². The minimum absolute atomic E-state index is 0.296. The molecule has 18 heavy (non-hydrogen) atoms. The van der Waals surface area contributed by atoms with E-state index in [4.69, 9.17) is 19.4 Å². The summed E-state index contributed by atoms with van der Waals surface area (Å²) in [4.78, 5) is 0. The molecule has 2 radical (unpaired) electrons. The van der Waals surface area contributed by atoms with Gasteiger partial charge in [-0.3, -0.25) is 0 Å². The van der Waals surface area contributed by atoms with Crippen molar-refractivity contribution in [2.24, 2.45) is 0 Å². The molecule has 1 aromatic heterocycles. The maximum Gasteiger partial charge on any atom is 0.140 e. The van der Waals surface area contributed by atoms with Gasteiger partial charge in [-0.1, -0.05) is 29.2 Å². The molecule has 0 saturated heterocycles. The Kier molecular flexibility index (Phi) is 2.60. The average Bonchev–Trinajstić information content (AvgIpc) is 2.67. The summed E-state index contributed by atoms with van der Waals surface area (Å²) in [5, 5.41) is 5.65. The van der Waals surface area contributed by atoms with Gasteiger partial charge < -0.3 is 0 Å². The largest absolute Gasteiger partial charge is 0.221 e. The van der Waals surface area contributed by atoms with Gasteiger partial charge in [0.2, 0.25) is 0 Å². The van der Waals surface area contributed by atoms with Crippen molar-refractivity contribution in [1.29, 1.82) is 0 Å². The van der Waals surface area contributed by atoms with Gasteiger partial charge in [-0.05, 0) is 30.3 Å². The van der Waals surface area contributed by atoms with Crippen LogP contribution in [0.25, 0.3) is 16.6 Å². The summed E-state index contributed by atoms with van der Waals surface area (Å²) in [6, 6.07) is 11.3. The molecule has 0 saturated carbocycles. The average molecular weight is 256 g/mol. The number of rotatable bonds is 1. The molecule has 0 spiro atoms. The molecule has 0 bridgehead atoms. The van der Waals surface area contributed by atoms with Gasteiger partial charge >= 0.3 is 0 Å². The van der Waals surface area contributed by atoms with Crippen LogP contribution in [0.3, 0.4) is 0 Å². The molecule has 1 heterocycles. The van der Waals surface area contributed by atoms with E-state index in [0.29, 0.717) is 21.8 Å². The van der Waals surface area contributed by atoms with E-state index in [9.17, 15) is 4.39 Å². The lowest BCUT2D eigenvalue weighted by Gasteiger charge is -2.01. The highest BCUT2D eigenvalue weighted by molar-refractivity contribution is 6.36. The van der Waals surface area contributed by atoms with E-state index in [0.717, 1.165) is 5.39 Å². The molecule has 2 aromatic carbocycles. The third kappa shape index (κ3) is 1.79. The van der Waals surface area contributed by atoms with E-state index in [-0.39, 0.29) is 5.82 Å². The summed E-state index contributed by atoms with van der Waals surface area (Å²) in [5.74, 6) is -0.296. The van der Waals surface area contributed by atoms with E-state index in [2.05, 4.69) is 5.10 Å². The molecule has 86 valence electrons. The molecular formula is C13H7BClFN2. The maximum atomic E-state index is 12.9. The second-order valence-electron chi connectivity index (χ2n) is 3.96. The van der Waals surface area contributed by atoms with Gasteiger partial charge in [0, 0.05) is 5.39 Å². The first-order valence-electron chi connectivity index (χ1n) is 5.35. The fourth-order valence-electron chi connectivity index (χ4n) is 1.82. The third-order valence-electron chi connectivity index (χ3n) is 2.71. The normalized spacial score (nSPS) is 11.0. The van der Waals surface area contributed by atoms with Crippen molar-refractivity contribution in [3.8, 4) is 5.69 Å². The van der Waals surface area contributed by atoms with Crippen LogP contribution < -0.4 is 5.46 Å². The van der Waals surface area contributed by atoms with Crippen molar-refractivity contribution in [3.05, 3.63) is 53.4 Å². The Morgan fingerprint density at radius 3 is 2.56 bits per heavy atom. The van der Waals surface area contributed by atoms with E-state index >= 15 is 0 Å². The smallest absolute Gasteiger partial charge is 0.140 e. The number of aromatic nitrogens is 2. The maximum absolute atomic E-state index is 12.9. The van der Waals surface area contributed by atoms with E-state index in [1.54, 1.807) is 28.9 Å². The zero-order chi connectivity index (χ0) is 12.7. The number of benzene rings is 2. The van der Waals surface area contributed by atoms with Gasteiger partial charge in [0.1, 0.15) is 18.8 Å².